The van der Waals surface area contributed by atoms with Crippen LogP contribution in [0.5, 0.6) is 23.0 Å². The lowest BCUT2D eigenvalue weighted by molar-refractivity contribution is 0.324. The summed E-state index contributed by atoms with van der Waals surface area (Å²) < 4.78 is 41.1. The zero-order valence-corrected chi connectivity index (χ0v) is 15.8. The summed E-state index contributed by atoms with van der Waals surface area (Å²) in [5.41, 5.74) is 1.77. The molecule has 142 valence electrons. The highest BCUT2D eigenvalue weighted by molar-refractivity contribution is 5.80. The molecule has 27 heavy (non-hydrogen) atoms. The highest BCUT2D eigenvalue weighted by atomic mass is 19.1. The van der Waals surface area contributed by atoms with Crippen molar-refractivity contribution in [2.75, 3.05) is 28.4 Å². The molecule has 0 saturated heterocycles. The maximum atomic E-state index is 14.2. The third kappa shape index (κ3) is 3.40. The summed E-state index contributed by atoms with van der Waals surface area (Å²) in [7, 11) is 6.02. The third-order valence-corrected chi connectivity index (χ3v) is 4.09. The molecular weight excluding hydrogens is 353 g/mol. The molecule has 0 aliphatic carbocycles. The highest BCUT2D eigenvalue weighted by Crippen LogP contribution is 2.43. The molecule has 0 spiro atoms. The van der Waals surface area contributed by atoms with Gasteiger partial charge >= 0.3 is 0 Å². The number of hydrogen-bond acceptors (Lipinski definition) is 6. The van der Waals surface area contributed by atoms with Gasteiger partial charge in [0.25, 0.3) is 0 Å². The number of benzene rings is 2. The Bertz CT molecular complexity index is 942. The number of oxazole rings is 1. The van der Waals surface area contributed by atoms with Gasteiger partial charge in [0.15, 0.2) is 34.7 Å². The average Bonchev–Trinajstić information content (AvgIpc) is 3.08. The van der Waals surface area contributed by atoms with Crippen molar-refractivity contribution in [3.63, 3.8) is 0 Å². The van der Waals surface area contributed by atoms with Crippen LogP contribution in [0.2, 0.25) is 0 Å². The third-order valence-electron chi connectivity index (χ3n) is 4.09. The molecule has 3 rings (SSSR count). The molecule has 0 saturated carbocycles. The van der Waals surface area contributed by atoms with Crippen LogP contribution in [0.25, 0.3) is 22.6 Å². The number of rotatable bonds is 6. The lowest BCUT2D eigenvalue weighted by Crippen LogP contribution is -1.96. The Morgan fingerprint density at radius 1 is 0.815 bits per heavy atom. The van der Waals surface area contributed by atoms with Gasteiger partial charge in [-0.25, -0.2) is 9.37 Å². The summed E-state index contributed by atoms with van der Waals surface area (Å²) in [4.78, 5) is 4.46. The maximum absolute atomic E-state index is 14.2. The van der Waals surface area contributed by atoms with E-state index < -0.39 is 5.82 Å². The van der Waals surface area contributed by atoms with Crippen molar-refractivity contribution in [2.24, 2.45) is 0 Å². The standard InChI is InChI=1S/C20H20FNO5/c1-11-22-18(13-9-16(24-3)20(26-5)17(10-13)25-4)19(27-11)12-6-7-15(23-2)14(21)8-12/h6-10H,1-5H3. The number of nitrogens with zero attached hydrogens (tertiary/aromatic N) is 1. The molecule has 1 heterocycles. The summed E-state index contributed by atoms with van der Waals surface area (Å²) in [5.74, 6) is 2.00. The van der Waals surface area contributed by atoms with Gasteiger partial charge in [0.2, 0.25) is 5.75 Å². The second-order valence-electron chi connectivity index (χ2n) is 5.67. The molecule has 0 radical (unpaired) electrons. The number of aromatic nitrogens is 1. The topological polar surface area (TPSA) is 63.0 Å². The summed E-state index contributed by atoms with van der Waals surface area (Å²) in [6, 6.07) is 8.13. The molecule has 0 bridgehead atoms. The number of ether oxygens (including phenoxy) is 4. The van der Waals surface area contributed by atoms with Crippen LogP contribution in [0.15, 0.2) is 34.7 Å². The minimum atomic E-state index is -0.486. The second kappa shape index (κ2) is 7.57. The van der Waals surface area contributed by atoms with Crippen LogP contribution in [0.4, 0.5) is 4.39 Å². The fourth-order valence-electron chi connectivity index (χ4n) is 2.84. The van der Waals surface area contributed by atoms with Gasteiger partial charge in [0.05, 0.1) is 28.4 Å². The van der Waals surface area contributed by atoms with Gasteiger partial charge in [-0.15, -0.1) is 0 Å². The Labute approximate surface area is 156 Å². The summed E-state index contributed by atoms with van der Waals surface area (Å²) in [5, 5.41) is 0. The molecule has 0 amide bonds. The number of aryl methyl sites for hydroxylation is 1. The SMILES string of the molecule is COc1ccc(-c2oc(C)nc2-c2cc(OC)c(OC)c(OC)c2)cc1F. The average molecular weight is 373 g/mol. The summed E-state index contributed by atoms with van der Waals surface area (Å²) in [6.45, 7) is 1.73. The van der Waals surface area contributed by atoms with E-state index in [9.17, 15) is 4.39 Å². The lowest BCUT2D eigenvalue weighted by atomic mass is 10.0. The van der Waals surface area contributed by atoms with Crippen LogP contribution >= 0.6 is 0 Å². The van der Waals surface area contributed by atoms with E-state index in [2.05, 4.69) is 4.98 Å². The smallest absolute Gasteiger partial charge is 0.203 e. The van der Waals surface area contributed by atoms with Crippen molar-refractivity contribution < 1.29 is 27.8 Å². The molecule has 0 aliphatic rings. The highest BCUT2D eigenvalue weighted by Gasteiger charge is 2.21. The monoisotopic (exact) mass is 373 g/mol. The van der Waals surface area contributed by atoms with Crippen molar-refractivity contribution in [1.82, 2.24) is 4.98 Å². The van der Waals surface area contributed by atoms with E-state index in [-0.39, 0.29) is 5.75 Å². The first-order valence-corrected chi connectivity index (χ1v) is 8.14. The van der Waals surface area contributed by atoms with Gasteiger partial charge in [-0.3, -0.25) is 0 Å². The van der Waals surface area contributed by atoms with E-state index in [1.807, 2.05) is 0 Å². The van der Waals surface area contributed by atoms with Crippen LogP contribution < -0.4 is 18.9 Å². The zero-order chi connectivity index (χ0) is 19.6. The molecule has 0 atom stereocenters. The van der Waals surface area contributed by atoms with Gasteiger partial charge in [0.1, 0.15) is 5.69 Å². The first-order chi connectivity index (χ1) is 13.0. The Hall–Kier alpha value is -3.22. The fraction of sp³-hybridized carbons (Fsp3) is 0.250. The predicted molar refractivity (Wildman–Crippen MR) is 98.3 cm³/mol. The van der Waals surface area contributed by atoms with Crippen LogP contribution in [0.1, 0.15) is 5.89 Å². The first kappa shape index (κ1) is 18.6. The van der Waals surface area contributed by atoms with Crippen LogP contribution in [-0.2, 0) is 0 Å². The van der Waals surface area contributed by atoms with Gasteiger partial charge in [-0.2, -0.15) is 0 Å². The molecule has 1 aromatic heterocycles. The van der Waals surface area contributed by atoms with Crippen LogP contribution in [-0.4, -0.2) is 33.4 Å². The number of halogens is 1. The van der Waals surface area contributed by atoms with Crippen LogP contribution in [0, 0.1) is 12.7 Å². The van der Waals surface area contributed by atoms with Gasteiger partial charge < -0.3 is 23.4 Å². The Morgan fingerprint density at radius 2 is 1.44 bits per heavy atom. The molecule has 6 nitrogen and oxygen atoms in total. The first-order valence-electron chi connectivity index (χ1n) is 8.14. The van der Waals surface area contributed by atoms with Gasteiger partial charge in [-0.05, 0) is 30.3 Å². The van der Waals surface area contributed by atoms with Crippen molar-refractivity contribution >= 4 is 0 Å². The molecule has 2 aromatic carbocycles. The van der Waals surface area contributed by atoms with E-state index in [4.69, 9.17) is 23.4 Å². The van der Waals surface area contributed by atoms with E-state index >= 15 is 0 Å². The Kier molecular flexibility index (Phi) is 5.21. The van der Waals surface area contributed by atoms with Crippen molar-refractivity contribution in [2.45, 2.75) is 6.92 Å². The lowest BCUT2D eigenvalue weighted by Gasteiger charge is -2.13. The minimum absolute atomic E-state index is 0.157. The van der Waals surface area contributed by atoms with E-state index in [1.54, 1.807) is 31.2 Å². The normalized spacial score (nSPS) is 10.6. The largest absolute Gasteiger partial charge is 0.494 e. The minimum Gasteiger partial charge on any atom is -0.494 e. The number of methoxy groups -OCH3 is 4. The molecule has 0 fully saturated rings. The second-order valence-corrected chi connectivity index (χ2v) is 5.67. The van der Waals surface area contributed by atoms with E-state index in [1.165, 1.54) is 34.5 Å². The fourth-order valence-corrected chi connectivity index (χ4v) is 2.84. The number of hydrogen-bond donors (Lipinski definition) is 0. The van der Waals surface area contributed by atoms with Gasteiger partial charge in [-0.1, -0.05) is 0 Å². The van der Waals surface area contributed by atoms with Crippen LogP contribution in [0.3, 0.4) is 0 Å². The molecule has 0 aliphatic heterocycles. The molecular formula is C20H20FNO5. The van der Waals surface area contributed by atoms with Crippen molar-refractivity contribution in [1.29, 1.82) is 0 Å². The quantitative estimate of drug-likeness (QED) is 0.634. The summed E-state index contributed by atoms with van der Waals surface area (Å²) in [6.07, 6.45) is 0. The zero-order valence-electron chi connectivity index (χ0n) is 15.8. The maximum Gasteiger partial charge on any atom is 0.203 e. The summed E-state index contributed by atoms with van der Waals surface area (Å²) >= 11 is 0. The van der Waals surface area contributed by atoms with Crippen molar-refractivity contribution in [3.8, 4) is 45.6 Å². The molecule has 0 N–H and O–H groups in total. The Morgan fingerprint density at radius 3 is 1.96 bits per heavy atom. The molecule has 3 aromatic rings. The van der Waals surface area contributed by atoms with Crippen molar-refractivity contribution in [3.05, 3.63) is 42.0 Å². The van der Waals surface area contributed by atoms with E-state index in [0.717, 1.165) is 0 Å². The molecule has 7 heteroatoms. The van der Waals surface area contributed by atoms with Gasteiger partial charge in [0, 0.05) is 18.1 Å². The van der Waals surface area contributed by atoms with E-state index in [0.29, 0.717) is 45.7 Å². The Balaban J connectivity index is 2.18. The molecule has 0 unspecified atom stereocenters. The predicted octanol–water partition coefficient (Wildman–Crippen LogP) is 4.49.